The molecule has 0 spiro atoms. The van der Waals surface area contributed by atoms with E-state index in [0.29, 0.717) is 13.0 Å². The number of rotatable bonds is 4. The number of likely N-dealkylation sites (tertiary alicyclic amines) is 1. The van der Waals surface area contributed by atoms with Crippen LogP contribution in [-0.4, -0.2) is 36.6 Å². The molecule has 1 fully saturated rings. The van der Waals surface area contributed by atoms with Crippen LogP contribution >= 0.6 is 0 Å². The maximum absolute atomic E-state index is 12.8. The molecule has 0 bridgehead atoms. The van der Waals surface area contributed by atoms with E-state index in [4.69, 9.17) is 4.74 Å². The minimum atomic E-state index is -0.503. The molecular weight excluding hydrogens is 316 g/mol. The van der Waals surface area contributed by atoms with Gasteiger partial charge in [0.05, 0.1) is 13.2 Å². The molecule has 0 radical (unpaired) electrons. The highest BCUT2D eigenvalue weighted by Crippen LogP contribution is 2.24. The van der Waals surface area contributed by atoms with Gasteiger partial charge in [-0.1, -0.05) is 60.7 Å². The van der Waals surface area contributed by atoms with Gasteiger partial charge in [-0.15, -0.1) is 0 Å². The number of urea groups is 1. The predicted molar refractivity (Wildman–Crippen MR) is 95.0 cm³/mol. The molecule has 25 heavy (non-hydrogen) atoms. The van der Waals surface area contributed by atoms with Crippen LogP contribution in [0.5, 0.6) is 0 Å². The Morgan fingerprint density at radius 2 is 1.60 bits per heavy atom. The first kappa shape index (κ1) is 17.0. The van der Waals surface area contributed by atoms with Crippen molar-refractivity contribution in [3.8, 4) is 0 Å². The van der Waals surface area contributed by atoms with Crippen molar-refractivity contribution in [2.75, 3.05) is 13.7 Å². The third-order valence-corrected chi connectivity index (χ3v) is 4.52. The first-order valence-corrected chi connectivity index (χ1v) is 8.45. The average Bonchev–Trinajstić information content (AvgIpc) is 3.16. The van der Waals surface area contributed by atoms with Gasteiger partial charge >= 0.3 is 12.0 Å². The van der Waals surface area contributed by atoms with E-state index in [1.54, 1.807) is 4.90 Å². The molecule has 2 aromatic carbocycles. The minimum Gasteiger partial charge on any atom is -0.467 e. The molecule has 1 heterocycles. The number of ether oxygens (including phenoxy) is 1. The lowest BCUT2D eigenvalue weighted by Gasteiger charge is -2.27. The number of benzene rings is 2. The lowest BCUT2D eigenvalue weighted by molar-refractivity contribution is -0.144. The molecule has 1 atom stereocenters. The number of carbonyl (C=O) groups is 2. The first-order chi connectivity index (χ1) is 12.2. The van der Waals surface area contributed by atoms with Crippen molar-refractivity contribution in [2.45, 2.75) is 24.9 Å². The monoisotopic (exact) mass is 338 g/mol. The Balaban J connectivity index is 1.83. The molecule has 0 saturated carbocycles. The van der Waals surface area contributed by atoms with Gasteiger partial charge in [-0.3, -0.25) is 0 Å². The van der Waals surface area contributed by atoms with Crippen molar-refractivity contribution in [1.82, 2.24) is 10.2 Å². The summed E-state index contributed by atoms with van der Waals surface area (Å²) in [5.74, 6) is -0.358. The molecule has 1 aliphatic rings. The molecule has 1 aliphatic heterocycles. The summed E-state index contributed by atoms with van der Waals surface area (Å²) in [4.78, 5) is 26.3. The second-order valence-electron chi connectivity index (χ2n) is 6.08. The summed E-state index contributed by atoms with van der Waals surface area (Å²) in [7, 11) is 1.35. The summed E-state index contributed by atoms with van der Waals surface area (Å²) in [6.45, 7) is 0.557. The summed E-state index contributed by atoms with van der Waals surface area (Å²) >= 11 is 0. The molecule has 2 amide bonds. The normalized spacial score (nSPS) is 16.7. The van der Waals surface area contributed by atoms with E-state index in [-0.39, 0.29) is 18.0 Å². The van der Waals surface area contributed by atoms with Crippen molar-refractivity contribution in [3.63, 3.8) is 0 Å². The van der Waals surface area contributed by atoms with Gasteiger partial charge < -0.3 is 15.0 Å². The van der Waals surface area contributed by atoms with Crippen molar-refractivity contribution in [1.29, 1.82) is 0 Å². The number of hydrogen-bond donors (Lipinski definition) is 1. The number of nitrogens with one attached hydrogen (secondary N) is 1. The number of esters is 1. The van der Waals surface area contributed by atoms with Gasteiger partial charge in [0.25, 0.3) is 0 Å². The van der Waals surface area contributed by atoms with Crippen LogP contribution in [0, 0.1) is 0 Å². The second kappa shape index (κ2) is 7.83. The number of nitrogens with zero attached hydrogens (tertiary/aromatic N) is 1. The maximum atomic E-state index is 12.8. The van der Waals surface area contributed by atoms with Gasteiger partial charge in [-0.05, 0) is 24.0 Å². The van der Waals surface area contributed by atoms with Gasteiger partial charge in [0.1, 0.15) is 6.04 Å². The van der Waals surface area contributed by atoms with Crippen LogP contribution in [0.15, 0.2) is 60.7 Å². The maximum Gasteiger partial charge on any atom is 0.328 e. The third-order valence-electron chi connectivity index (χ3n) is 4.52. The largest absolute Gasteiger partial charge is 0.467 e. The van der Waals surface area contributed by atoms with Crippen LogP contribution in [0.1, 0.15) is 30.0 Å². The van der Waals surface area contributed by atoms with E-state index in [1.165, 1.54) is 7.11 Å². The molecule has 3 rings (SSSR count). The molecule has 2 aromatic rings. The predicted octanol–water partition coefficient (Wildman–Crippen LogP) is 3.12. The first-order valence-electron chi connectivity index (χ1n) is 8.45. The minimum absolute atomic E-state index is 0.245. The Morgan fingerprint density at radius 1 is 1.04 bits per heavy atom. The zero-order valence-electron chi connectivity index (χ0n) is 14.2. The fourth-order valence-electron chi connectivity index (χ4n) is 3.25. The Hall–Kier alpha value is -2.82. The lowest BCUT2D eigenvalue weighted by atomic mass is 9.99. The number of amides is 2. The standard InChI is InChI=1S/C20H22N2O3/c1-25-19(23)17-13-8-14-22(17)20(24)21-18(15-9-4-2-5-10-15)16-11-6-3-7-12-16/h2-7,9-12,17-18H,8,13-14H2,1H3,(H,21,24). The number of hydrogen-bond acceptors (Lipinski definition) is 3. The van der Waals surface area contributed by atoms with Crippen LogP contribution in [0.3, 0.4) is 0 Å². The van der Waals surface area contributed by atoms with Crippen LogP contribution in [0.4, 0.5) is 4.79 Å². The SMILES string of the molecule is COC(=O)C1CCCN1C(=O)NC(c1ccccc1)c1ccccc1. The zero-order chi connectivity index (χ0) is 17.6. The molecule has 1 saturated heterocycles. The fourth-order valence-corrected chi connectivity index (χ4v) is 3.25. The quantitative estimate of drug-likeness (QED) is 0.872. The Labute approximate surface area is 147 Å². The van der Waals surface area contributed by atoms with E-state index in [1.807, 2.05) is 60.7 Å². The summed E-state index contributed by atoms with van der Waals surface area (Å²) in [6, 6.07) is 18.6. The highest BCUT2D eigenvalue weighted by molar-refractivity contribution is 5.84. The average molecular weight is 338 g/mol. The molecule has 130 valence electrons. The Kier molecular flexibility index (Phi) is 5.33. The molecule has 0 aliphatic carbocycles. The van der Waals surface area contributed by atoms with Gasteiger partial charge in [0.15, 0.2) is 0 Å². The van der Waals surface area contributed by atoms with Crippen molar-refractivity contribution in [3.05, 3.63) is 71.8 Å². The smallest absolute Gasteiger partial charge is 0.328 e. The molecule has 0 aromatic heterocycles. The van der Waals surface area contributed by atoms with Crippen LogP contribution in [0.2, 0.25) is 0 Å². The zero-order valence-corrected chi connectivity index (χ0v) is 14.2. The van der Waals surface area contributed by atoms with E-state index >= 15 is 0 Å². The molecular formula is C20H22N2O3. The molecule has 1 N–H and O–H groups in total. The Bertz CT molecular complexity index is 679. The number of methoxy groups -OCH3 is 1. The summed E-state index contributed by atoms with van der Waals surface area (Å²) in [5.41, 5.74) is 1.99. The number of carbonyl (C=O) groups excluding carboxylic acids is 2. The van der Waals surface area contributed by atoms with Gasteiger partial charge in [-0.2, -0.15) is 0 Å². The van der Waals surface area contributed by atoms with Crippen molar-refractivity contribution in [2.24, 2.45) is 0 Å². The van der Waals surface area contributed by atoms with Crippen molar-refractivity contribution >= 4 is 12.0 Å². The molecule has 5 nitrogen and oxygen atoms in total. The second-order valence-corrected chi connectivity index (χ2v) is 6.08. The summed E-state index contributed by atoms with van der Waals surface area (Å²) in [6.07, 6.45) is 1.44. The van der Waals surface area contributed by atoms with Crippen LogP contribution in [0.25, 0.3) is 0 Å². The summed E-state index contributed by atoms with van der Waals surface area (Å²) < 4.78 is 4.83. The topological polar surface area (TPSA) is 58.6 Å². The third kappa shape index (κ3) is 3.82. The summed E-state index contributed by atoms with van der Waals surface area (Å²) in [5, 5.41) is 3.08. The van der Waals surface area contributed by atoms with E-state index in [9.17, 15) is 9.59 Å². The lowest BCUT2D eigenvalue weighted by Crippen LogP contribution is -2.47. The van der Waals surface area contributed by atoms with Gasteiger partial charge in [0, 0.05) is 6.54 Å². The van der Waals surface area contributed by atoms with E-state index in [2.05, 4.69) is 5.32 Å². The van der Waals surface area contributed by atoms with Crippen LogP contribution < -0.4 is 5.32 Å². The Morgan fingerprint density at radius 3 is 2.12 bits per heavy atom. The molecule has 1 unspecified atom stereocenters. The highest BCUT2D eigenvalue weighted by Gasteiger charge is 2.35. The van der Waals surface area contributed by atoms with E-state index in [0.717, 1.165) is 17.5 Å². The fraction of sp³-hybridized carbons (Fsp3) is 0.300. The highest BCUT2D eigenvalue weighted by atomic mass is 16.5. The molecule has 5 heteroatoms. The van der Waals surface area contributed by atoms with Gasteiger partial charge in [-0.25, -0.2) is 9.59 Å². The van der Waals surface area contributed by atoms with Crippen molar-refractivity contribution < 1.29 is 14.3 Å². The van der Waals surface area contributed by atoms with Gasteiger partial charge in [0.2, 0.25) is 0 Å². The van der Waals surface area contributed by atoms with E-state index < -0.39 is 6.04 Å². The van der Waals surface area contributed by atoms with Crippen LogP contribution in [-0.2, 0) is 9.53 Å².